The molecule has 0 aromatic heterocycles. The monoisotopic (exact) mass is 232 g/mol. The summed E-state index contributed by atoms with van der Waals surface area (Å²) < 4.78 is 4.85. The molecule has 6 heteroatoms. The Kier molecular flexibility index (Phi) is 4.43. The maximum absolute atomic E-state index is 11.6. The van der Waals surface area contributed by atoms with Crippen LogP contribution in [0.1, 0.15) is 20.8 Å². The summed E-state index contributed by atoms with van der Waals surface area (Å²) in [6.07, 6.45) is 0.979. The Labute approximate surface area is 93.6 Å². The SMILES string of the molecule is CCOC(=O)C1(C)C=C(C(C)OO)COO1. The van der Waals surface area contributed by atoms with Crippen LogP contribution in [0.5, 0.6) is 0 Å². The van der Waals surface area contributed by atoms with Crippen LogP contribution in [-0.4, -0.2) is 36.1 Å². The highest BCUT2D eigenvalue weighted by atomic mass is 17.2. The summed E-state index contributed by atoms with van der Waals surface area (Å²) in [6, 6.07) is 0. The van der Waals surface area contributed by atoms with E-state index in [1.54, 1.807) is 13.8 Å². The van der Waals surface area contributed by atoms with Crippen molar-refractivity contribution in [3.63, 3.8) is 0 Å². The normalized spacial score (nSPS) is 27.1. The molecule has 92 valence electrons. The quantitative estimate of drug-likeness (QED) is 0.338. The van der Waals surface area contributed by atoms with Gasteiger partial charge in [0.15, 0.2) is 0 Å². The Morgan fingerprint density at radius 1 is 1.75 bits per heavy atom. The average molecular weight is 232 g/mol. The van der Waals surface area contributed by atoms with E-state index in [9.17, 15) is 4.79 Å². The summed E-state index contributed by atoms with van der Waals surface area (Å²) in [7, 11) is 0. The smallest absolute Gasteiger partial charge is 0.345 e. The van der Waals surface area contributed by atoms with Gasteiger partial charge in [0.1, 0.15) is 12.7 Å². The summed E-state index contributed by atoms with van der Waals surface area (Å²) in [6.45, 7) is 5.25. The second kappa shape index (κ2) is 5.40. The molecule has 2 atom stereocenters. The van der Waals surface area contributed by atoms with Crippen LogP contribution < -0.4 is 0 Å². The number of carbonyl (C=O) groups excluding carboxylic acids is 1. The molecule has 0 radical (unpaired) electrons. The highest BCUT2D eigenvalue weighted by Gasteiger charge is 2.39. The van der Waals surface area contributed by atoms with Crippen molar-refractivity contribution in [1.82, 2.24) is 0 Å². The lowest BCUT2D eigenvalue weighted by molar-refractivity contribution is -0.346. The molecule has 2 unspecified atom stereocenters. The predicted octanol–water partition coefficient (Wildman–Crippen LogP) is 1.07. The zero-order valence-corrected chi connectivity index (χ0v) is 9.56. The number of carbonyl (C=O) groups is 1. The van der Waals surface area contributed by atoms with Gasteiger partial charge in [-0.25, -0.2) is 19.5 Å². The maximum atomic E-state index is 11.6. The van der Waals surface area contributed by atoms with Gasteiger partial charge in [0.2, 0.25) is 5.60 Å². The predicted molar refractivity (Wildman–Crippen MR) is 53.3 cm³/mol. The topological polar surface area (TPSA) is 74.2 Å². The van der Waals surface area contributed by atoms with Gasteiger partial charge in [0, 0.05) is 0 Å². The highest BCUT2D eigenvalue weighted by molar-refractivity contribution is 5.81. The second-order valence-electron chi connectivity index (χ2n) is 3.64. The molecule has 0 saturated carbocycles. The molecule has 1 heterocycles. The van der Waals surface area contributed by atoms with Gasteiger partial charge in [-0.3, -0.25) is 5.26 Å². The van der Waals surface area contributed by atoms with Crippen LogP contribution in [0.4, 0.5) is 0 Å². The zero-order chi connectivity index (χ0) is 12.2. The first-order valence-corrected chi connectivity index (χ1v) is 5.03. The van der Waals surface area contributed by atoms with Gasteiger partial charge in [-0.15, -0.1) is 0 Å². The van der Waals surface area contributed by atoms with Crippen molar-refractivity contribution in [2.75, 3.05) is 13.2 Å². The van der Waals surface area contributed by atoms with Gasteiger partial charge in [-0.1, -0.05) is 0 Å². The van der Waals surface area contributed by atoms with E-state index in [1.165, 1.54) is 13.0 Å². The van der Waals surface area contributed by atoms with Crippen LogP contribution in [-0.2, 0) is 24.2 Å². The van der Waals surface area contributed by atoms with Crippen molar-refractivity contribution in [1.29, 1.82) is 0 Å². The molecular formula is C10H16O6. The van der Waals surface area contributed by atoms with Crippen LogP contribution in [0, 0.1) is 0 Å². The molecule has 0 spiro atoms. The van der Waals surface area contributed by atoms with E-state index in [4.69, 9.17) is 19.8 Å². The van der Waals surface area contributed by atoms with Gasteiger partial charge in [-0.05, 0) is 32.4 Å². The summed E-state index contributed by atoms with van der Waals surface area (Å²) in [5.41, 5.74) is -0.680. The van der Waals surface area contributed by atoms with Crippen molar-refractivity contribution in [3.8, 4) is 0 Å². The van der Waals surface area contributed by atoms with Crippen molar-refractivity contribution < 1.29 is 29.5 Å². The highest BCUT2D eigenvalue weighted by Crippen LogP contribution is 2.24. The standard InChI is InChI=1S/C10H16O6/c1-4-13-9(11)10(3)5-8(6-14-16-10)7(2)15-12/h5,7,12H,4,6H2,1-3H3. The molecule has 1 aliphatic heterocycles. The lowest BCUT2D eigenvalue weighted by Crippen LogP contribution is -2.42. The van der Waals surface area contributed by atoms with Crippen LogP contribution >= 0.6 is 0 Å². The molecule has 0 bridgehead atoms. The summed E-state index contributed by atoms with van der Waals surface area (Å²) in [4.78, 5) is 25.5. The third kappa shape index (κ3) is 2.79. The van der Waals surface area contributed by atoms with Crippen molar-refractivity contribution in [2.45, 2.75) is 32.5 Å². The van der Waals surface area contributed by atoms with Gasteiger partial charge < -0.3 is 4.74 Å². The first-order valence-electron chi connectivity index (χ1n) is 5.03. The molecular weight excluding hydrogens is 216 g/mol. The molecule has 0 aromatic rings. The molecule has 6 nitrogen and oxygen atoms in total. The average Bonchev–Trinajstić information content (AvgIpc) is 2.28. The fourth-order valence-electron chi connectivity index (χ4n) is 1.31. The molecule has 0 fully saturated rings. The van der Waals surface area contributed by atoms with E-state index in [0.717, 1.165) is 0 Å². The molecule has 16 heavy (non-hydrogen) atoms. The minimum absolute atomic E-state index is 0.136. The van der Waals surface area contributed by atoms with E-state index < -0.39 is 17.7 Å². The molecule has 0 amide bonds. The van der Waals surface area contributed by atoms with Crippen LogP contribution in [0.25, 0.3) is 0 Å². The fourth-order valence-corrected chi connectivity index (χ4v) is 1.31. The first kappa shape index (κ1) is 13.1. The van der Waals surface area contributed by atoms with E-state index in [1.807, 2.05) is 0 Å². The van der Waals surface area contributed by atoms with Crippen molar-refractivity contribution in [3.05, 3.63) is 11.6 Å². The van der Waals surface area contributed by atoms with E-state index >= 15 is 0 Å². The number of hydrogen-bond donors (Lipinski definition) is 1. The van der Waals surface area contributed by atoms with Gasteiger partial charge >= 0.3 is 5.97 Å². The fraction of sp³-hybridized carbons (Fsp3) is 0.700. The molecule has 0 aliphatic carbocycles. The molecule has 1 rings (SSSR count). The van der Waals surface area contributed by atoms with Crippen LogP contribution in [0.15, 0.2) is 11.6 Å². The Bertz CT molecular complexity index is 287. The second-order valence-corrected chi connectivity index (χ2v) is 3.64. The number of hydrogen-bond acceptors (Lipinski definition) is 6. The molecule has 1 aliphatic rings. The van der Waals surface area contributed by atoms with Gasteiger partial charge in [0.05, 0.1) is 6.61 Å². The Morgan fingerprint density at radius 2 is 2.44 bits per heavy atom. The number of rotatable bonds is 4. The molecule has 1 N–H and O–H groups in total. The first-order chi connectivity index (χ1) is 7.53. The third-order valence-corrected chi connectivity index (χ3v) is 2.28. The third-order valence-electron chi connectivity index (χ3n) is 2.28. The number of ether oxygens (including phenoxy) is 1. The van der Waals surface area contributed by atoms with E-state index in [-0.39, 0.29) is 13.2 Å². The van der Waals surface area contributed by atoms with Crippen molar-refractivity contribution >= 4 is 5.97 Å². The van der Waals surface area contributed by atoms with E-state index in [0.29, 0.717) is 5.57 Å². The molecule has 0 aromatic carbocycles. The van der Waals surface area contributed by atoms with Crippen LogP contribution in [0.2, 0.25) is 0 Å². The van der Waals surface area contributed by atoms with Gasteiger partial charge in [0.25, 0.3) is 0 Å². The van der Waals surface area contributed by atoms with Crippen LogP contribution in [0.3, 0.4) is 0 Å². The Morgan fingerprint density at radius 3 is 3.00 bits per heavy atom. The Hall–Kier alpha value is -0.950. The van der Waals surface area contributed by atoms with E-state index in [2.05, 4.69) is 4.89 Å². The maximum Gasteiger partial charge on any atom is 0.345 e. The number of esters is 1. The summed E-state index contributed by atoms with van der Waals surface area (Å²) in [5, 5.41) is 8.55. The van der Waals surface area contributed by atoms with Gasteiger partial charge in [-0.2, -0.15) is 0 Å². The molecule has 0 saturated heterocycles. The summed E-state index contributed by atoms with van der Waals surface area (Å²) in [5.74, 6) is -0.544. The lowest BCUT2D eigenvalue weighted by atomic mass is 10.00. The summed E-state index contributed by atoms with van der Waals surface area (Å²) >= 11 is 0. The Balaban J connectivity index is 2.84. The zero-order valence-electron chi connectivity index (χ0n) is 9.56. The lowest BCUT2D eigenvalue weighted by Gasteiger charge is -2.29. The minimum atomic E-state index is -1.30. The van der Waals surface area contributed by atoms with Crippen molar-refractivity contribution in [2.24, 2.45) is 0 Å². The largest absolute Gasteiger partial charge is 0.464 e. The minimum Gasteiger partial charge on any atom is -0.464 e.